The van der Waals surface area contributed by atoms with E-state index in [1.807, 2.05) is 18.2 Å². The number of rotatable bonds is 8. The molecule has 1 atom stereocenters. The third-order valence-corrected chi connectivity index (χ3v) is 7.61. The van der Waals surface area contributed by atoms with Crippen LogP contribution in [-0.2, 0) is 32.6 Å². The van der Waals surface area contributed by atoms with Gasteiger partial charge in [-0.1, -0.05) is 18.9 Å². The lowest BCUT2D eigenvalue weighted by Crippen LogP contribution is -2.35. The van der Waals surface area contributed by atoms with Crippen molar-refractivity contribution >= 4 is 29.7 Å². The highest BCUT2D eigenvalue weighted by molar-refractivity contribution is 6.06. The zero-order valence-corrected chi connectivity index (χ0v) is 18.7. The molecule has 8 nitrogen and oxygen atoms in total. The van der Waals surface area contributed by atoms with E-state index in [9.17, 15) is 14.4 Å². The number of nitrogens with zero attached hydrogens (tertiary/aromatic N) is 2. The fourth-order valence-electron chi connectivity index (χ4n) is 5.99. The maximum Gasteiger partial charge on any atom is 0.237 e. The molecule has 3 amide bonds. The van der Waals surface area contributed by atoms with E-state index >= 15 is 0 Å². The molecule has 5 rings (SSSR count). The Labute approximate surface area is 193 Å². The minimum atomic E-state index is -0.662. The van der Waals surface area contributed by atoms with Gasteiger partial charge in [0.2, 0.25) is 18.2 Å². The van der Waals surface area contributed by atoms with Crippen molar-refractivity contribution in [1.82, 2.24) is 15.3 Å². The lowest BCUT2D eigenvalue weighted by Gasteiger charge is -2.28. The van der Waals surface area contributed by atoms with Crippen LogP contribution in [-0.4, -0.2) is 34.7 Å². The molecule has 1 aliphatic heterocycles. The SMILES string of the molecule is O=CNCCCC1(CC(=O)Nc2cnc3c(c2)CC2(C3)C(=O)Nc3ncccc32)CCCC1. The molecule has 1 spiro atoms. The number of aromatic nitrogens is 2. The zero-order chi connectivity index (χ0) is 22.9. The summed E-state index contributed by atoms with van der Waals surface area (Å²) in [4.78, 5) is 45.2. The first-order chi connectivity index (χ1) is 16.0. The molecule has 3 aliphatic rings. The summed E-state index contributed by atoms with van der Waals surface area (Å²) in [5.74, 6) is 0.601. The van der Waals surface area contributed by atoms with Gasteiger partial charge in [-0.2, -0.15) is 0 Å². The Morgan fingerprint density at radius 1 is 1.21 bits per heavy atom. The van der Waals surface area contributed by atoms with Gasteiger partial charge in [-0.25, -0.2) is 4.98 Å². The van der Waals surface area contributed by atoms with E-state index in [0.29, 0.717) is 37.3 Å². The van der Waals surface area contributed by atoms with Crippen LogP contribution in [0.5, 0.6) is 0 Å². The Hall–Kier alpha value is -3.29. The molecule has 3 N–H and O–H groups in total. The molecule has 172 valence electrons. The second kappa shape index (κ2) is 8.57. The average molecular weight is 448 g/mol. The number of pyridine rings is 2. The average Bonchev–Trinajstić information content (AvgIpc) is 3.48. The maximum atomic E-state index is 12.9. The molecule has 3 heterocycles. The largest absolute Gasteiger partial charge is 0.359 e. The summed E-state index contributed by atoms with van der Waals surface area (Å²) in [6.45, 7) is 0.648. The molecule has 2 aromatic rings. The lowest BCUT2D eigenvalue weighted by atomic mass is 9.78. The van der Waals surface area contributed by atoms with Crippen molar-refractivity contribution in [3.8, 4) is 0 Å². The Kier molecular flexibility index (Phi) is 5.60. The molecule has 8 heteroatoms. The van der Waals surface area contributed by atoms with Crippen molar-refractivity contribution in [3.63, 3.8) is 0 Å². The number of carbonyl (C=O) groups is 3. The molecule has 2 aliphatic carbocycles. The van der Waals surface area contributed by atoms with Gasteiger partial charge in [-0.05, 0) is 55.2 Å². The minimum absolute atomic E-state index is 0.00265. The summed E-state index contributed by atoms with van der Waals surface area (Å²) >= 11 is 0. The second-order valence-electron chi connectivity index (χ2n) is 9.73. The standard InChI is InChI=1S/C25H29N5O3/c31-16-26-9-4-8-24(6-1-2-7-24)14-21(32)29-18-11-17-12-25(13-20(17)28-15-18)19-5-3-10-27-22(19)30-23(25)33/h3,5,10-11,15-16H,1-2,4,6-9,12-14H2,(H,26,31)(H,29,32)(H,27,30,33). The van der Waals surface area contributed by atoms with E-state index in [-0.39, 0.29) is 17.2 Å². The number of hydrogen-bond acceptors (Lipinski definition) is 5. The van der Waals surface area contributed by atoms with Gasteiger partial charge in [0.15, 0.2) is 0 Å². The van der Waals surface area contributed by atoms with Crippen LogP contribution in [0.4, 0.5) is 11.5 Å². The van der Waals surface area contributed by atoms with E-state index in [2.05, 4.69) is 25.9 Å². The molecule has 0 radical (unpaired) electrons. The molecule has 33 heavy (non-hydrogen) atoms. The smallest absolute Gasteiger partial charge is 0.237 e. The number of carbonyl (C=O) groups excluding carboxylic acids is 3. The number of nitrogens with one attached hydrogen (secondary N) is 3. The predicted octanol–water partition coefficient (Wildman–Crippen LogP) is 2.88. The minimum Gasteiger partial charge on any atom is -0.359 e. The second-order valence-corrected chi connectivity index (χ2v) is 9.73. The summed E-state index contributed by atoms with van der Waals surface area (Å²) in [5, 5.41) is 8.67. The fourth-order valence-corrected chi connectivity index (χ4v) is 5.99. The van der Waals surface area contributed by atoms with Crippen LogP contribution in [0.3, 0.4) is 0 Å². The van der Waals surface area contributed by atoms with Crippen molar-refractivity contribution in [2.45, 2.75) is 63.2 Å². The van der Waals surface area contributed by atoms with Gasteiger partial charge in [0.25, 0.3) is 0 Å². The molecular weight excluding hydrogens is 418 g/mol. The first-order valence-electron chi connectivity index (χ1n) is 11.8. The van der Waals surface area contributed by atoms with Crippen molar-refractivity contribution in [1.29, 1.82) is 0 Å². The maximum absolute atomic E-state index is 12.9. The molecule has 0 bridgehead atoms. The molecule has 0 aromatic carbocycles. The summed E-state index contributed by atoms with van der Waals surface area (Å²) < 4.78 is 0. The van der Waals surface area contributed by atoms with Crippen molar-refractivity contribution < 1.29 is 14.4 Å². The Bertz CT molecular complexity index is 1100. The van der Waals surface area contributed by atoms with Gasteiger partial charge >= 0.3 is 0 Å². The van der Waals surface area contributed by atoms with Gasteiger partial charge < -0.3 is 16.0 Å². The summed E-state index contributed by atoms with van der Waals surface area (Å²) in [6, 6.07) is 5.78. The molecule has 1 unspecified atom stereocenters. The highest BCUT2D eigenvalue weighted by Gasteiger charge is 2.51. The van der Waals surface area contributed by atoms with Gasteiger partial charge in [-0.3, -0.25) is 19.4 Å². The molecule has 2 aromatic heterocycles. The highest BCUT2D eigenvalue weighted by atomic mass is 16.2. The van der Waals surface area contributed by atoms with Gasteiger partial charge in [0.1, 0.15) is 5.82 Å². The van der Waals surface area contributed by atoms with E-state index in [4.69, 9.17) is 0 Å². The van der Waals surface area contributed by atoms with Crippen LogP contribution >= 0.6 is 0 Å². The monoisotopic (exact) mass is 447 g/mol. The number of fused-ring (bicyclic) bond motifs is 3. The normalized spacial score (nSPS) is 22.0. The van der Waals surface area contributed by atoms with Crippen LogP contribution in [0.15, 0.2) is 30.6 Å². The predicted molar refractivity (Wildman–Crippen MR) is 124 cm³/mol. The van der Waals surface area contributed by atoms with E-state index in [0.717, 1.165) is 61.8 Å². The number of hydrogen-bond donors (Lipinski definition) is 3. The Balaban J connectivity index is 1.27. The first-order valence-corrected chi connectivity index (χ1v) is 11.8. The topological polar surface area (TPSA) is 113 Å². The Morgan fingerprint density at radius 2 is 2.06 bits per heavy atom. The van der Waals surface area contributed by atoms with Crippen LogP contribution < -0.4 is 16.0 Å². The molecular formula is C25H29N5O3. The molecule has 1 fully saturated rings. The fraction of sp³-hybridized carbons (Fsp3) is 0.480. The Morgan fingerprint density at radius 3 is 2.88 bits per heavy atom. The third kappa shape index (κ3) is 3.98. The van der Waals surface area contributed by atoms with Gasteiger partial charge in [-0.15, -0.1) is 0 Å². The first kappa shape index (κ1) is 21.6. The lowest BCUT2D eigenvalue weighted by molar-refractivity contribution is -0.120. The summed E-state index contributed by atoms with van der Waals surface area (Å²) in [7, 11) is 0. The van der Waals surface area contributed by atoms with Crippen LogP contribution in [0.2, 0.25) is 0 Å². The molecule has 0 saturated heterocycles. The third-order valence-electron chi connectivity index (χ3n) is 7.61. The quantitative estimate of drug-likeness (QED) is 0.425. The number of amides is 3. The van der Waals surface area contributed by atoms with Crippen LogP contribution in [0, 0.1) is 5.41 Å². The van der Waals surface area contributed by atoms with E-state index in [1.54, 1.807) is 12.4 Å². The van der Waals surface area contributed by atoms with E-state index < -0.39 is 5.41 Å². The summed E-state index contributed by atoms with van der Waals surface area (Å²) in [6.07, 6.45) is 11.9. The van der Waals surface area contributed by atoms with E-state index in [1.165, 1.54) is 0 Å². The zero-order valence-electron chi connectivity index (χ0n) is 18.7. The van der Waals surface area contributed by atoms with Crippen LogP contribution in [0.1, 0.15) is 61.8 Å². The van der Waals surface area contributed by atoms with Crippen molar-refractivity contribution in [2.24, 2.45) is 5.41 Å². The van der Waals surface area contributed by atoms with Gasteiger partial charge in [0.05, 0.1) is 17.3 Å². The van der Waals surface area contributed by atoms with Crippen molar-refractivity contribution in [2.75, 3.05) is 17.2 Å². The number of anilines is 2. The van der Waals surface area contributed by atoms with Gasteiger partial charge in [0, 0.05) is 36.8 Å². The van der Waals surface area contributed by atoms with Crippen molar-refractivity contribution in [3.05, 3.63) is 47.4 Å². The van der Waals surface area contributed by atoms with Crippen LogP contribution in [0.25, 0.3) is 0 Å². The summed E-state index contributed by atoms with van der Waals surface area (Å²) in [5.41, 5.74) is 2.85. The highest BCUT2D eigenvalue weighted by Crippen LogP contribution is 2.47. The molecule has 1 saturated carbocycles.